The first-order valence-corrected chi connectivity index (χ1v) is 30.5. The van der Waals surface area contributed by atoms with Crippen LogP contribution in [-0.4, -0.2) is 108 Å². The number of rotatable bonds is 21. The van der Waals surface area contributed by atoms with Gasteiger partial charge in [-0.3, -0.25) is 24.8 Å². The Morgan fingerprint density at radius 3 is 1.20 bits per heavy atom. The highest BCUT2D eigenvalue weighted by molar-refractivity contribution is 6.14. The van der Waals surface area contributed by atoms with Gasteiger partial charge >= 0.3 is 23.9 Å². The van der Waals surface area contributed by atoms with Gasteiger partial charge < -0.3 is 60.6 Å². The number of hydrogen-bond donors (Lipinski definition) is 7. The largest absolute Gasteiger partial charge is 0.478 e. The second-order valence-electron chi connectivity index (χ2n) is 21.8. The number of hydrogen-bond acceptors (Lipinski definition) is 16. The van der Waals surface area contributed by atoms with Gasteiger partial charge in [0, 0.05) is 56.8 Å². The third-order valence-electron chi connectivity index (χ3n) is 15.1. The third kappa shape index (κ3) is 18.0. The highest BCUT2D eigenvalue weighted by atomic mass is 16.5. The van der Waals surface area contributed by atoms with Gasteiger partial charge in [0.2, 0.25) is 5.91 Å². The number of carbonyl (C=O) groups is 5. The Morgan fingerprint density at radius 2 is 0.814 bits per heavy atom. The molecule has 0 bridgehead atoms. The van der Waals surface area contributed by atoms with E-state index in [0.29, 0.717) is 92.3 Å². The Hall–Kier alpha value is -12.6. The SMILES string of the molecule is CC(=O)NCCc1ccc(Oc2ccc(C3=CCN=C3)cc2C(=O)O)cc1.NCc1ccc(Oc2ccc(C3=CCN=C3)cc2C(=O)O)cc1.NCc1cccc(Oc2ccc(C3=CCN=C3)cc2C(=O)O)c1.O=C(O)c1cc(C2=CCN=C2)ccc1Oc1cccc2ccoc12. The Morgan fingerprint density at radius 1 is 0.423 bits per heavy atom. The van der Waals surface area contributed by atoms with E-state index in [0.717, 1.165) is 66.6 Å². The number of ether oxygens (including phenoxy) is 4. The molecule has 1 aromatic heterocycles. The van der Waals surface area contributed by atoms with E-state index in [1.807, 2.05) is 103 Å². The number of allylic oxidation sites excluding steroid dienone is 4. The van der Waals surface area contributed by atoms with E-state index in [1.54, 1.807) is 122 Å². The smallest absolute Gasteiger partial charge is 0.339 e. The van der Waals surface area contributed by atoms with Gasteiger partial charge in [-0.05, 0) is 165 Å². The first kappa shape index (κ1) is 67.3. The fourth-order valence-electron chi connectivity index (χ4n) is 10.1. The molecule has 0 unspecified atom stereocenters. The molecule has 97 heavy (non-hydrogen) atoms. The lowest BCUT2D eigenvalue weighted by molar-refractivity contribution is -0.118. The van der Waals surface area contributed by atoms with Gasteiger partial charge in [-0.2, -0.15) is 0 Å². The van der Waals surface area contributed by atoms with Crippen LogP contribution in [0.3, 0.4) is 0 Å². The number of carboxylic acid groups (broad SMARTS) is 4. The second-order valence-corrected chi connectivity index (χ2v) is 21.8. The fraction of sp³-hybridized carbons (Fsp3) is 0.118. The Kier molecular flexibility index (Phi) is 22.4. The minimum absolute atomic E-state index is 0.0563. The Bertz CT molecular complexity index is 4690. The quantitative estimate of drug-likeness (QED) is 0.0351. The summed E-state index contributed by atoms with van der Waals surface area (Å²) in [4.78, 5) is 73.7. The molecule has 0 spiro atoms. The normalized spacial score (nSPS) is 12.9. The molecule has 5 heterocycles. The van der Waals surface area contributed by atoms with Gasteiger partial charge in [0.1, 0.15) is 62.5 Å². The van der Waals surface area contributed by atoms with Gasteiger partial charge in [-0.1, -0.05) is 97.1 Å². The summed E-state index contributed by atoms with van der Waals surface area (Å²) in [5.74, 6) is -0.902. The van der Waals surface area contributed by atoms with Crippen LogP contribution >= 0.6 is 0 Å². The van der Waals surface area contributed by atoms with Crippen LogP contribution in [0.1, 0.15) is 87.3 Å². The van der Waals surface area contributed by atoms with E-state index in [4.69, 9.17) is 34.8 Å². The number of carbonyl (C=O) groups excluding carboxylic acids is 1. The van der Waals surface area contributed by atoms with Crippen LogP contribution in [0.4, 0.5) is 0 Å². The molecule has 0 saturated carbocycles. The van der Waals surface area contributed by atoms with Gasteiger partial charge in [-0.15, -0.1) is 0 Å². The fourth-order valence-corrected chi connectivity index (χ4v) is 10.1. The number of carboxylic acids is 4. The standard InChI is InChI=1S/C21H20N2O4.C19H13NO4.2C18H16N2O3/c1-14(24)23-11-8-15-2-5-18(6-3-15)27-20-7-4-16(12-19(20)21(25)26)17-9-10-22-13-17;21-19(22)15-10-13(14-6-8-20-11-14)4-5-16(15)24-17-3-1-2-12-7-9-23-18(12)17;19-10-12-1-4-15(5-2-12)23-17-6-3-13(9-16(17)18(21)22)14-7-8-20-11-14;19-10-12-2-1-3-15(8-12)23-17-5-4-13(9-16(17)18(21)22)14-6-7-20-11-14/h2-7,9,12-13H,8,10-11H2,1H3,(H,23,24)(H,25,26);1-7,9-11H,8H2,(H,21,22);1-7,9,11H,8,10,19H2,(H,21,22);1-6,8-9,11H,7,10,19H2,(H,21,22). The number of benzene rings is 8. The zero-order valence-corrected chi connectivity index (χ0v) is 52.3. The van der Waals surface area contributed by atoms with Crippen molar-refractivity contribution in [2.45, 2.75) is 26.4 Å². The summed E-state index contributed by atoms with van der Waals surface area (Å²) in [5.41, 5.74) is 22.0. The van der Waals surface area contributed by atoms with Crippen LogP contribution in [-0.2, 0) is 24.3 Å². The number of nitrogens with one attached hydrogen (secondary N) is 1. The topological polar surface area (TPSA) is 330 Å². The molecule has 1 amide bonds. The molecule has 0 fully saturated rings. The number of nitrogens with two attached hydrogens (primary N) is 2. The number of para-hydroxylation sites is 1. The molecule has 0 aliphatic carbocycles. The number of aromatic carboxylic acids is 4. The van der Waals surface area contributed by atoms with Crippen LogP contribution in [0.5, 0.6) is 46.0 Å². The number of amides is 1. The van der Waals surface area contributed by atoms with Crippen molar-refractivity contribution in [3.05, 3.63) is 262 Å². The van der Waals surface area contributed by atoms with Crippen LogP contribution in [0.15, 0.2) is 225 Å². The Balaban J connectivity index is 0.000000141. The number of aliphatic imine (C=N–C) groups is 4. The molecule has 13 rings (SSSR count). The monoisotopic (exact) mass is 1300 g/mol. The molecule has 21 heteroatoms. The molecular weight excluding hydrogens is 1230 g/mol. The summed E-state index contributed by atoms with van der Waals surface area (Å²) in [6.07, 6.45) is 17.0. The van der Waals surface area contributed by atoms with Crippen molar-refractivity contribution >= 4 is 87.9 Å². The number of fused-ring (bicyclic) bond motifs is 1. The van der Waals surface area contributed by atoms with Gasteiger partial charge in [0.05, 0.1) is 32.4 Å². The van der Waals surface area contributed by atoms with Crippen molar-refractivity contribution in [2.75, 3.05) is 32.7 Å². The second kappa shape index (κ2) is 32.3. The number of nitrogens with zero attached hydrogens (tertiary/aromatic N) is 4. The summed E-state index contributed by atoms with van der Waals surface area (Å²) < 4.78 is 28.5. The van der Waals surface area contributed by atoms with E-state index < -0.39 is 23.9 Å². The predicted octanol–water partition coefficient (Wildman–Crippen LogP) is 13.9. The summed E-state index contributed by atoms with van der Waals surface area (Å²) in [7, 11) is 0. The maximum Gasteiger partial charge on any atom is 0.339 e. The van der Waals surface area contributed by atoms with E-state index in [1.165, 1.54) is 6.92 Å². The van der Waals surface area contributed by atoms with Crippen molar-refractivity contribution < 1.29 is 67.8 Å². The molecule has 21 nitrogen and oxygen atoms in total. The molecule has 4 aliphatic rings. The summed E-state index contributed by atoms with van der Waals surface area (Å²) >= 11 is 0. The maximum atomic E-state index is 11.6. The maximum absolute atomic E-state index is 11.6. The van der Waals surface area contributed by atoms with Crippen molar-refractivity contribution in [1.29, 1.82) is 0 Å². The molecular formula is C76H65N7O14. The molecule has 9 N–H and O–H groups in total. The molecule has 0 radical (unpaired) electrons. The highest BCUT2D eigenvalue weighted by Crippen LogP contribution is 2.36. The molecule has 488 valence electrons. The van der Waals surface area contributed by atoms with E-state index in [-0.39, 0.29) is 39.7 Å². The third-order valence-corrected chi connectivity index (χ3v) is 15.1. The zero-order valence-electron chi connectivity index (χ0n) is 52.3. The molecule has 0 saturated heterocycles. The summed E-state index contributed by atoms with van der Waals surface area (Å²) in [6.45, 7) is 5.39. The zero-order chi connectivity index (χ0) is 68.2. The van der Waals surface area contributed by atoms with E-state index in [9.17, 15) is 44.4 Å². The lowest BCUT2D eigenvalue weighted by Crippen LogP contribution is -2.22. The van der Waals surface area contributed by atoms with Crippen molar-refractivity contribution in [3.8, 4) is 46.0 Å². The van der Waals surface area contributed by atoms with Crippen molar-refractivity contribution in [2.24, 2.45) is 31.4 Å². The lowest BCUT2D eigenvalue weighted by atomic mass is 10.0. The first-order chi connectivity index (χ1) is 47.1. The summed E-state index contributed by atoms with van der Waals surface area (Å²) in [6, 6.07) is 49.6. The summed E-state index contributed by atoms with van der Waals surface area (Å²) in [5, 5.41) is 41.6. The van der Waals surface area contributed by atoms with Crippen molar-refractivity contribution in [3.63, 3.8) is 0 Å². The minimum atomic E-state index is -1.05. The average molecular weight is 1300 g/mol. The van der Waals surface area contributed by atoms with Gasteiger partial charge in [0.15, 0.2) is 11.3 Å². The average Bonchev–Trinajstić information content (AvgIpc) is 1.83. The Labute approximate surface area is 556 Å². The van der Waals surface area contributed by atoms with Crippen LogP contribution in [0, 0.1) is 0 Å². The predicted molar refractivity (Wildman–Crippen MR) is 373 cm³/mol. The highest BCUT2D eigenvalue weighted by Gasteiger charge is 2.21. The van der Waals surface area contributed by atoms with E-state index >= 15 is 0 Å². The van der Waals surface area contributed by atoms with Crippen LogP contribution < -0.4 is 35.7 Å². The molecule has 0 atom stereocenters. The molecule has 8 aromatic carbocycles. The van der Waals surface area contributed by atoms with Crippen LogP contribution in [0.2, 0.25) is 0 Å². The van der Waals surface area contributed by atoms with Gasteiger partial charge in [0.25, 0.3) is 0 Å². The molecule has 9 aromatic rings. The van der Waals surface area contributed by atoms with E-state index in [2.05, 4.69) is 25.3 Å². The minimum Gasteiger partial charge on any atom is -0.478 e. The first-order valence-electron chi connectivity index (χ1n) is 30.5. The van der Waals surface area contributed by atoms with Gasteiger partial charge in [-0.25, -0.2) is 19.2 Å². The lowest BCUT2D eigenvalue weighted by Gasteiger charge is -2.11. The molecule has 4 aliphatic heterocycles. The number of furan rings is 1. The van der Waals surface area contributed by atoms with Crippen molar-refractivity contribution in [1.82, 2.24) is 5.32 Å². The van der Waals surface area contributed by atoms with Crippen LogP contribution in [0.25, 0.3) is 33.3 Å².